The minimum absolute atomic E-state index is 0.101. The zero-order valence-electron chi connectivity index (χ0n) is 43.2. The Balaban J connectivity index is 2.27. The molecule has 11 atom stereocenters. The molecule has 2 heterocycles. The van der Waals surface area contributed by atoms with E-state index in [2.05, 4.69) is 47.5 Å². The zero-order valence-corrected chi connectivity index (χ0v) is 43.2. The Morgan fingerprint density at radius 2 is 1.14 bits per heavy atom. The molecule has 0 spiro atoms. The van der Waals surface area contributed by atoms with Crippen molar-refractivity contribution < 1.29 is 48.3 Å². The van der Waals surface area contributed by atoms with Gasteiger partial charge in [0.2, 0.25) is 53.2 Å². The minimum Gasteiger partial charge on any atom is -0.391 e. The van der Waals surface area contributed by atoms with Crippen molar-refractivity contribution in [1.82, 2.24) is 52.3 Å². The summed E-state index contributed by atoms with van der Waals surface area (Å²) in [5, 5.41) is 32.4. The Bertz CT molecular complexity index is 1810. The van der Waals surface area contributed by atoms with Gasteiger partial charge in [-0.3, -0.25) is 53.0 Å². The summed E-state index contributed by atoms with van der Waals surface area (Å²) < 4.78 is 0. The van der Waals surface area contributed by atoms with Crippen LogP contribution >= 0.6 is 0 Å². The van der Waals surface area contributed by atoms with Gasteiger partial charge in [0.15, 0.2) is 5.96 Å². The molecule has 2 saturated heterocycles. The predicted octanol–water partition coefficient (Wildman–Crippen LogP) is -1.78. The van der Waals surface area contributed by atoms with Crippen molar-refractivity contribution in [3.05, 3.63) is 0 Å². The molecule has 0 aromatic carbocycles. The van der Waals surface area contributed by atoms with Gasteiger partial charge in [-0.25, -0.2) is 0 Å². The molecular weight excluding hydrogens is 907 g/mol. The maximum Gasteiger partial charge on any atom is 0.245 e. The number of carbonyl (C=O) groups is 9. The molecule has 0 radical (unpaired) electrons. The van der Waals surface area contributed by atoms with E-state index in [1.807, 2.05) is 18.9 Å². The number of aliphatic imine (C=N–C) groups is 1. The van der Waals surface area contributed by atoms with E-state index in [-0.39, 0.29) is 49.7 Å². The number of hydrogen-bond acceptors (Lipinski definition) is 12. The van der Waals surface area contributed by atoms with E-state index in [0.29, 0.717) is 58.0 Å². The lowest BCUT2D eigenvalue weighted by molar-refractivity contribution is -0.142. The van der Waals surface area contributed by atoms with Gasteiger partial charge in [0, 0.05) is 19.6 Å². The highest BCUT2D eigenvalue weighted by Crippen LogP contribution is 2.21. The number of nitrogens with one attached hydrogen (secondary N) is 8. The monoisotopic (exact) mass is 992 g/mol. The first kappa shape index (κ1) is 60.5. The van der Waals surface area contributed by atoms with Gasteiger partial charge in [0.1, 0.15) is 42.3 Å². The fraction of sp³-hybridized carbons (Fsp3) is 0.787. The second-order valence-electron chi connectivity index (χ2n) is 19.1. The van der Waals surface area contributed by atoms with Gasteiger partial charge in [0.25, 0.3) is 0 Å². The maximum atomic E-state index is 14.2. The second kappa shape index (κ2) is 30.2. The molecule has 0 aliphatic carbocycles. The normalized spacial score (nSPS) is 19.7. The summed E-state index contributed by atoms with van der Waals surface area (Å²) in [5.74, 6) is -6.93. The number of aliphatic hydroxyl groups excluding tert-OH is 1. The molecule has 2 fully saturated rings. The molecule has 2 aliphatic heterocycles. The van der Waals surface area contributed by atoms with Crippen molar-refractivity contribution in [2.24, 2.45) is 34.2 Å². The number of amides is 9. The quantitative estimate of drug-likeness (QED) is 0.0225. The van der Waals surface area contributed by atoms with Gasteiger partial charge in [-0.15, -0.1) is 0 Å². The standard InChI is InChI=1S/C47H85N13O10/c1-11-18-30(39(63)56-36(27(7)12-2)43(67)54-31(19-15-22-51-47(48)49)46(70)60-24-17-21-33(60)41(65)50-14-4)53-45(69)38(29(9)61)58-44(68)37(28(8)13-3)57-42(66)35(26(5)6)55-34(62)25-52-40(64)32-20-16-23-59(32)10/h26-33,35-38,61H,11-25H2,1-10H3,(H,50,65)(H,52,64)(H,53,69)(H,54,67)(H,55,62)(H,56,63)(H,57,66)(H,58,68)(H4,48,49,51)/t27-,28+,29+,30-,31-,32-,33-,35-,36-,37+,38-/m0/s1. The molecule has 398 valence electrons. The first-order valence-electron chi connectivity index (χ1n) is 25.1. The minimum atomic E-state index is -1.60. The molecule has 9 amide bonds. The van der Waals surface area contributed by atoms with Crippen LogP contribution in [0.2, 0.25) is 0 Å². The van der Waals surface area contributed by atoms with Gasteiger partial charge < -0.3 is 64.0 Å². The molecule has 0 saturated carbocycles. The summed E-state index contributed by atoms with van der Waals surface area (Å²) in [6.07, 6.45) is 2.89. The zero-order chi connectivity index (χ0) is 52.8. The van der Waals surface area contributed by atoms with E-state index in [9.17, 15) is 48.3 Å². The molecule has 2 rings (SSSR count). The summed E-state index contributed by atoms with van der Waals surface area (Å²) in [6.45, 7) is 16.6. The van der Waals surface area contributed by atoms with Gasteiger partial charge in [-0.2, -0.15) is 0 Å². The number of hydrogen-bond donors (Lipinski definition) is 11. The van der Waals surface area contributed by atoms with Crippen molar-refractivity contribution in [2.75, 3.05) is 39.8 Å². The van der Waals surface area contributed by atoms with E-state index in [1.165, 1.54) is 11.8 Å². The average Bonchev–Trinajstić information content (AvgIpc) is 3.99. The number of likely N-dealkylation sites (N-methyl/N-ethyl adjacent to an activating group) is 2. The molecule has 0 aromatic heterocycles. The topological polar surface area (TPSA) is 341 Å². The molecule has 23 nitrogen and oxygen atoms in total. The fourth-order valence-corrected chi connectivity index (χ4v) is 8.47. The average molecular weight is 992 g/mol. The molecule has 0 unspecified atom stereocenters. The van der Waals surface area contributed by atoms with Crippen LogP contribution in [0.1, 0.15) is 127 Å². The first-order valence-corrected chi connectivity index (χ1v) is 25.1. The molecule has 70 heavy (non-hydrogen) atoms. The summed E-state index contributed by atoms with van der Waals surface area (Å²) in [4.78, 5) is 130. The third kappa shape index (κ3) is 18.6. The smallest absolute Gasteiger partial charge is 0.245 e. The van der Waals surface area contributed by atoms with Crippen LogP contribution in [0.15, 0.2) is 4.99 Å². The van der Waals surface area contributed by atoms with Crippen LogP contribution in [-0.2, 0) is 43.2 Å². The Hall–Kier alpha value is -5.58. The Morgan fingerprint density at radius 1 is 0.629 bits per heavy atom. The predicted molar refractivity (Wildman–Crippen MR) is 264 cm³/mol. The number of likely N-dealkylation sites (tertiary alicyclic amines) is 2. The second-order valence-corrected chi connectivity index (χ2v) is 19.1. The van der Waals surface area contributed by atoms with E-state index < -0.39 is 108 Å². The van der Waals surface area contributed by atoms with Crippen molar-refractivity contribution in [2.45, 2.75) is 181 Å². The highest BCUT2D eigenvalue weighted by atomic mass is 16.3. The highest BCUT2D eigenvalue weighted by molar-refractivity contribution is 5.98. The number of aliphatic hydroxyl groups is 1. The van der Waals surface area contributed by atoms with E-state index in [0.717, 1.165) is 13.0 Å². The van der Waals surface area contributed by atoms with Gasteiger partial charge >= 0.3 is 0 Å². The SMILES string of the molecule is CCC[C@H](NC(=O)[C@@H](NC(=O)[C@H](NC(=O)[C@@H](NC(=O)CNC(=O)[C@@H]1CCCN1C)C(C)C)[C@H](C)CC)[C@@H](C)O)C(=O)N[C@H](C(=O)N[C@@H](CCCN=C(N)N)C(=O)N1CCC[C@H]1C(=O)NCC)[C@@H](C)CC. The Labute approximate surface area is 413 Å². The van der Waals surface area contributed by atoms with Crippen LogP contribution < -0.4 is 54.0 Å². The van der Waals surface area contributed by atoms with Crippen molar-refractivity contribution >= 4 is 59.1 Å². The number of rotatable bonds is 29. The number of guanidine groups is 1. The maximum absolute atomic E-state index is 14.2. The van der Waals surface area contributed by atoms with Crippen molar-refractivity contribution in [1.29, 1.82) is 0 Å². The molecule has 23 heteroatoms. The summed E-state index contributed by atoms with van der Waals surface area (Å²) in [5.41, 5.74) is 11.0. The van der Waals surface area contributed by atoms with Crippen LogP contribution in [0.25, 0.3) is 0 Å². The molecule has 0 aromatic rings. The third-order valence-electron chi connectivity index (χ3n) is 13.1. The highest BCUT2D eigenvalue weighted by Gasteiger charge is 2.40. The summed E-state index contributed by atoms with van der Waals surface area (Å²) in [6, 6.07) is -8.48. The number of nitrogens with zero attached hydrogens (tertiary/aromatic N) is 3. The van der Waals surface area contributed by atoms with Gasteiger partial charge in [0.05, 0.1) is 18.7 Å². The fourth-order valence-electron chi connectivity index (χ4n) is 8.47. The van der Waals surface area contributed by atoms with Gasteiger partial charge in [-0.05, 0) is 90.1 Å². The molecule has 2 aliphatic rings. The van der Waals surface area contributed by atoms with Crippen molar-refractivity contribution in [3.63, 3.8) is 0 Å². The van der Waals surface area contributed by atoms with E-state index >= 15 is 0 Å². The van der Waals surface area contributed by atoms with Crippen molar-refractivity contribution in [3.8, 4) is 0 Å². The van der Waals surface area contributed by atoms with E-state index in [4.69, 9.17) is 11.5 Å². The lowest BCUT2D eigenvalue weighted by atomic mass is 9.95. The third-order valence-corrected chi connectivity index (χ3v) is 13.1. The summed E-state index contributed by atoms with van der Waals surface area (Å²) in [7, 11) is 1.83. The van der Waals surface area contributed by atoms with E-state index in [1.54, 1.807) is 48.5 Å². The van der Waals surface area contributed by atoms with Crippen LogP contribution in [0, 0.1) is 17.8 Å². The molecular formula is C47H85N13O10. The molecule has 13 N–H and O–H groups in total. The van der Waals surface area contributed by atoms with Gasteiger partial charge in [-0.1, -0.05) is 67.7 Å². The lowest BCUT2D eigenvalue weighted by Gasteiger charge is -2.32. The first-order chi connectivity index (χ1) is 33.0. The Kier molecular flexibility index (Phi) is 26.1. The number of nitrogens with two attached hydrogens (primary N) is 2. The van der Waals surface area contributed by atoms with Crippen LogP contribution in [-0.4, -0.2) is 168 Å². The largest absolute Gasteiger partial charge is 0.391 e. The van der Waals surface area contributed by atoms with Crippen LogP contribution in [0.4, 0.5) is 0 Å². The lowest BCUT2D eigenvalue weighted by Crippen LogP contribution is -2.63. The van der Waals surface area contributed by atoms with Crippen LogP contribution in [0.3, 0.4) is 0 Å². The number of carbonyl (C=O) groups excluding carboxylic acids is 9. The summed E-state index contributed by atoms with van der Waals surface area (Å²) >= 11 is 0. The van der Waals surface area contributed by atoms with Crippen LogP contribution in [0.5, 0.6) is 0 Å². The Morgan fingerprint density at radius 3 is 1.67 bits per heavy atom. The molecule has 0 bridgehead atoms.